The molecule has 1 heterocycles. The first-order valence-corrected chi connectivity index (χ1v) is 10.6. The van der Waals surface area contributed by atoms with Crippen LogP contribution in [0.25, 0.3) is 0 Å². The van der Waals surface area contributed by atoms with Crippen molar-refractivity contribution in [3.05, 3.63) is 36.3 Å². The maximum atomic E-state index is 11.6. The molecule has 0 saturated carbocycles. The average Bonchev–Trinajstić information content (AvgIpc) is 3.17. The second-order valence-corrected chi connectivity index (χ2v) is 7.00. The fourth-order valence-electron chi connectivity index (χ4n) is 2.91. The highest BCUT2D eigenvalue weighted by atomic mass is 16.3. The number of hydrogen-bond donors (Lipinski definition) is 0. The summed E-state index contributed by atoms with van der Waals surface area (Å²) in [6.07, 6.45) is 24.8. The van der Waals surface area contributed by atoms with E-state index in [-0.39, 0.29) is 5.91 Å². The van der Waals surface area contributed by atoms with Crippen molar-refractivity contribution in [2.24, 2.45) is 4.99 Å². The molecular weight excluding hydrogens is 322 g/mol. The normalized spacial score (nSPS) is 11.7. The molecule has 0 aliphatic heterocycles. The lowest BCUT2D eigenvalue weighted by atomic mass is 10.1. The number of unbranched alkanes of at least 4 members (excludes halogenated alkanes) is 11. The maximum absolute atomic E-state index is 11.6. The molecule has 1 rings (SSSR count). The first-order valence-electron chi connectivity index (χ1n) is 10.6. The highest BCUT2D eigenvalue weighted by Crippen LogP contribution is 2.10. The molecule has 1 aromatic heterocycles. The molecule has 0 aromatic carbocycles. The molecule has 0 N–H and O–H groups in total. The quantitative estimate of drug-likeness (QED) is 0.177. The van der Waals surface area contributed by atoms with E-state index >= 15 is 0 Å². The van der Waals surface area contributed by atoms with Crippen LogP contribution in [0.1, 0.15) is 103 Å². The van der Waals surface area contributed by atoms with Crippen molar-refractivity contribution in [1.82, 2.24) is 0 Å². The minimum atomic E-state index is -0.0565. The topological polar surface area (TPSA) is 42.6 Å². The molecule has 0 unspecified atom stereocenters. The summed E-state index contributed by atoms with van der Waals surface area (Å²) < 4.78 is 5.11. The van der Waals surface area contributed by atoms with Crippen LogP contribution < -0.4 is 0 Å². The summed E-state index contributed by atoms with van der Waals surface area (Å²) in [4.78, 5) is 15.5. The summed E-state index contributed by atoms with van der Waals surface area (Å²) in [5, 5.41) is 0. The standard InChI is InChI=1S/C23H37NO2/c1-2-3-4-5-6-7-8-9-10-11-12-13-14-15-16-19-23(25)24-21-22-18-17-20-26-22/h9-10,17-18,20-21H,2-8,11-16,19H2,1H3. The number of nitrogens with zero attached hydrogens (tertiary/aromatic N) is 1. The van der Waals surface area contributed by atoms with E-state index in [1.165, 1.54) is 76.8 Å². The third-order valence-electron chi connectivity index (χ3n) is 4.53. The van der Waals surface area contributed by atoms with Crippen molar-refractivity contribution in [3.63, 3.8) is 0 Å². The van der Waals surface area contributed by atoms with Gasteiger partial charge in [-0.2, -0.15) is 0 Å². The van der Waals surface area contributed by atoms with Crippen LogP contribution in [0.3, 0.4) is 0 Å². The van der Waals surface area contributed by atoms with E-state index in [0.717, 1.165) is 12.8 Å². The Bertz CT molecular complexity index is 488. The zero-order chi connectivity index (χ0) is 18.7. The molecule has 26 heavy (non-hydrogen) atoms. The number of carbonyl (C=O) groups excluding carboxylic acids is 1. The SMILES string of the molecule is CCCCCCCCC=CCCCCCCCC(=O)N=Cc1ccco1. The van der Waals surface area contributed by atoms with Gasteiger partial charge in [-0.15, -0.1) is 0 Å². The average molecular weight is 360 g/mol. The molecule has 0 atom stereocenters. The molecule has 0 aliphatic rings. The van der Waals surface area contributed by atoms with Gasteiger partial charge in [-0.3, -0.25) is 4.79 Å². The van der Waals surface area contributed by atoms with Gasteiger partial charge in [0.15, 0.2) is 0 Å². The molecule has 0 spiro atoms. The third kappa shape index (κ3) is 13.6. The zero-order valence-corrected chi connectivity index (χ0v) is 16.6. The summed E-state index contributed by atoms with van der Waals surface area (Å²) in [6, 6.07) is 3.58. The van der Waals surface area contributed by atoms with Gasteiger partial charge in [-0.05, 0) is 44.2 Å². The van der Waals surface area contributed by atoms with Gasteiger partial charge < -0.3 is 4.42 Å². The van der Waals surface area contributed by atoms with E-state index in [1.54, 1.807) is 18.4 Å². The Labute approximate surface area is 160 Å². The van der Waals surface area contributed by atoms with Gasteiger partial charge in [0, 0.05) is 6.42 Å². The molecule has 146 valence electrons. The van der Waals surface area contributed by atoms with Crippen LogP contribution in [0.2, 0.25) is 0 Å². The van der Waals surface area contributed by atoms with E-state index < -0.39 is 0 Å². The van der Waals surface area contributed by atoms with Crippen LogP contribution in [0.15, 0.2) is 40.0 Å². The van der Waals surface area contributed by atoms with E-state index in [9.17, 15) is 4.79 Å². The van der Waals surface area contributed by atoms with Gasteiger partial charge in [0.1, 0.15) is 5.76 Å². The Kier molecular flexibility index (Phi) is 14.5. The number of aliphatic imine (C=N–C) groups is 1. The third-order valence-corrected chi connectivity index (χ3v) is 4.53. The first-order chi connectivity index (χ1) is 12.8. The van der Waals surface area contributed by atoms with E-state index in [2.05, 4.69) is 24.1 Å². The van der Waals surface area contributed by atoms with Crippen molar-refractivity contribution < 1.29 is 9.21 Å². The Hall–Kier alpha value is -1.64. The fourth-order valence-corrected chi connectivity index (χ4v) is 2.91. The smallest absolute Gasteiger partial charge is 0.245 e. The minimum Gasteiger partial charge on any atom is -0.463 e. The second-order valence-electron chi connectivity index (χ2n) is 7.00. The summed E-state index contributed by atoms with van der Waals surface area (Å²) in [7, 11) is 0. The van der Waals surface area contributed by atoms with Crippen molar-refractivity contribution >= 4 is 12.1 Å². The van der Waals surface area contributed by atoms with Crippen LogP contribution >= 0.6 is 0 Å². The fraction of sp³-hybridized carbons (Fsp3) is 0.652. The lowest BCUT2D eigenvalue weighted by Gasteiger charge is -1.99. The maximum Gasteiger partial charge on any atom is 0.245 e. The van der Waals surface area contributed by atoms with Crippen molar-refractivity contribution in [1.29, 1.82) is 0 Å². The molecule has 1 aromatic rings. The van der Waals surface area contributed by atoms with Gasteiger partial charge in [0.05, 0.1) is 12.5 Å². The molecule has 0 bridgehead atoms. The van der Waals surface area contributed by atoms with Crippen LogP contribution in [-0.2, 0) is 4.79 Å². The van der Waals surface area contributed by atoms with E-state index in [4.69, 9.17) is 4.42 Å². The number of carbonyl (C=O) groups is 1. The minimum absolute atomic E-state index is 0.0565. The van der Waals surface area contributed by atoms with Crippen LogP contribution in [-0.4, -0.2) is 12.1 Å². The van der Waals surface area contributed by atoms with Gasteiger partial charge >= 0.3 is 0 Å². The Morgan fingerprint density at radius 2 is 1.54 bits per heavy atom. The Balaban J connectivity index is 1.83. The number of furan rings is 1. The predicted octanol–water partition coefficient (Wildman–Crippen LogP) is 7.26. The molecule has 0 fully saturated rings. The summed E-state index contributed by atoms with van der Waals surface area (Å²) >= 11 is 0. The van der Waals surface area contributed by atoms with Crippen molar-refractivity contribution in [2.75, 3.05) is 0 Å². The molecule has 0 radical (unpaired) electrons. The monoisotopic (exact) mass is 359 g/mol. The van der Waals surface area contributed by atoms with E-state index in [0.29, 0.717) is 12.2 Å². The van der Waals surface area contributed by atoms with Crippen LogP contribution in [0.4, 0.5) is 0 Å². The summed E-state index contributed by atoms with van der Waals surface area (Å²) in [5.41, 5.74) is 0. The predicted molar refractivity (Wildman–Crippen MR) is 111 cm³/mol. The molecular formula is C23H37NO2. The summed E-state index contributed by atoms with van der Waals surface area (Å²) in [6.45, 7) is 2.26. The van der Waals surface area contributed by atoms with Crippen LogP contribution in [0, 0.1) is 0 Å². The van der Waals surface area contributed by atoms with Gasteiger partial charge in [-0.25, -0.2) is 4.99 Å². The molecule has 0 saturated heterocycles. The lowest BCUT2D eigenvalue weighted by molar-refractivity contribution is -0.117. The van der Waals surface area contributed by atoms with Gasteiger partial charge in [-0.1, -0.05) is 70.4 Å². The number of rotatable bonds is 16. The molecule has 3 nitrogen and oxygen atoms in total. The Morgan fingerprint density at radius 1 is 0.923 bits per heavy atom. The van der Waals surface area contributed by atoms with Crippen LogP contribution in [0.5, 0.6) is 0 Å². The Morgan fingerprint density at radius 3 is 2.15 bits per heavy atom. The second kappa shape index (κ2) is 16.8. The lowest BCUT2D eigenvalue weighted by Crippen LogP contribution is -1.94. The number of amides is 1. The van der Waals surface area contributed by atoms with Gasteiger partial charge in [0.2, 0.25) is 5.91 Å². The zero-order valence-electron chi connectivity index (χ0n) is 16.6. The summed E-state index contributed by atoms with van der Waals surface area (Å²) in [5.74, 6) is 0.571. The molecule has 0 aliphatic carbocycles. The van der Waals surface area contributed by atoms with Crippen molar-refractivity contribution in [3.8, 4) is 0 Å². The highest BCUT2D eigenvalue weighted by molar-refractivity contribution is 5.90. The number of hydrogen-bond acceptors (Lipinski definition) is 2. The van der Waals surface area contributed by atoms with Gasteiger partial charge in [0.25, 0.3) is 0 Å². The van der Waals surface area contributed by atoms with E-state index in [1.807, 2.05) is 0 Å². The van der Waals surface area contributed by atoms with Crippen molar-refractivity contribution in [2.45, 2.75) is 96.8 Å². The first kappa shape index (κ1) is 22.4. The molecule has 1 amide bonds. The highest BCUT2D eigenvalue weighted by Gasteiger charge is 1.99. The number of allylic oxidation sites excluding steroid dienone is 2. The largest absolute Gasteiger partial charge is 0.463 e. The molecule has 3 heteroatoms.